The predicted octanol–water partition coefficient (Wildman–Crippen LogP) is 10.3. The van der Waals surface area contributed by atoms with Crippen molar-refractivity contribution >= 4 is 25.5 Å². The molecule has 0 amide bonds. The summed E-state index contributed by atoms with van der Waals surface area (Å²) in [7, 11) is 1.31. The zero-order chi connectivity index (χ0) is 45.2. The number of phosphoric acid groups is 1. The van der Waals surface area contributed by atoms with Gasteiger partial charge in [-0.2, -0.15) is 0 Å². The number of nitrogens with zero attached hydrogens (tertiary/aromatic N) is 1. The van der Waals surface area contributed by atoms with Crippen LogP contribution in [0.25, 0.3) is 0 Å². The Kier molecular flexibility index (Phi) is 32.8. The van der Waals surface area contributed by atoms with Crippen molar-refractivity contribution in [3.05, 3.63) is 36.5 Å². The summed E-state index contributed by atoms with van der Waals surface area (Å²) in [6, 6.07) is 0. The van der Waals surface area contributed by atoms with Gasteiger partial charge in [-0.3, -0.25) is 23.4 Å². The number of likely N-dealkylation sites (N-methyl/N-ethyl adjacent to an activating group) is 1. The van der Waals surface area contributed by atoms with Gasteiger partial charge in [0.05, 0.1) is 40.0 Å². The molecular formula is C48H87NO11P+. The van der Waals surface area contributed by atoms with E-state index in [1.165, 1.54) is 64.2 Å². The maximum atomic E-state index is 12.8. The average molecular weight is 885 g/mol. The van der Waals surface area contributed by atoms with Crippen molar-refractivity contribution in [2.45, 2.75) is 193 Å². The molecule has 1 aliphatic carbocycles. The van der Waals surface area contributed by atoms with Gasteiger partial charge in [0.25, 0.3) is 0 Å². The Morgan fingerprint density at radius 1 is 0.754 bits per heavy atom. The molecule has 0 aromatic heterocycles. The summed E-state index contributed by atoms with van der Waals surface area (Å²) in [5.41, 5.74) is 0. The van der Waals surface area contributed by atoms with Crippen molar-refractivity contribution in [2.24, 2.45) is 11.8 Å². The summed E-state index contributed by atoms with van der Waals surface area (Å²) >= 11 is 0. The number of aliphatic hydroxyl groups is 2. The van der Waals surface area contributed by atoms with Crippen LogP contribution in [0.15, 0.2) is 36.5 Å². The van der Waals surface area contributed by atoms with Crippen LogP contribution in [0.3, 0.4) is 0 Å². The number of ether oxygens (including phenoxy) is 2. The van der Waals surface area contributed by atoms with Crippen molar-refractivity contribution in [3.63, 3.8) is 0 Å². The number of carbonyl (C=O) groups excluding carboxylic acids is 3. The van der Waals surface area contributed by atoms with E-state index >= 15 is 0 Å². The number of unbranched alkanes of at least 4 members (excludes halogenated alkanes) is 16. The van der Waals surface area contributed by atoms with Crippen LogP contribution >= 0.6 is 7.82 Å². The smallest absolute Gasteiger partial charge is 0.462 e. The Morgan fingerprint density at radius 2 is 1.31 bits per heavy atom. The molecule has 1 unspecified atom stereocenters. The first kappa shape index (κ1) is 56.8. The second-order valence-electron chi connectivity index (χ2n) is 17.9. The number of quaternary nitrogens is 1. The van der Waals surface area contributed by atoms with Gasteiger partial charge in [0.1, 0.15) is 25.5 Å². The third-order valence-corrected chi connectivity index (χ3v) is 12.0. The topological polar surface area (TPSA) is 166 Å². The highest BCUT2D eigenvalue weighted by atomic mass is 31.2. The number of ketones is 1. The van der Waals surface area contributed by atoms with Crippen LogP contribution < -0.4 is 0 Å². The number of phosphoric ester groups is 1. The summed E-state index contributed by atoms with van der Waals surface area (Å²) in [6.45, 7) is 4.00. The molecule has 0 aromatic carbocycles. The van der Waals surface area contributed by atoms with Crippen LogP contribution in [0.1, 0.15) is 174 Å². The molecule has 0 aliphatic heterocycles. The monoisotopic (exact) mass is 885 g/mol. The highest BCUT2D eigenvalue weighted by molar-refractivity contribution is 7.47. The zero-order valence-electron chi connectivity index (χ0n) is 38.9. The van der Waals surface area contributed by atoms with Gasteiger partial charge in [-0.1, -0.05) is 134 Å². The fourth-order valence-corrected chi connectivity index (χ4v) is 7.91. The summed E-state index contributed by atoms with van der Waals surface area (Å²) in [4.78, 5) is 48.2. The number of hydrogen-bond donors (Lipinski definition) is 3. The fourth-order valence-electron chi connectivity index (χ4n) is 7.17. The van der Waals surface area contributed by atoms with Crippen LogP contribution in [-0.2, 0) is 37.5 Å². The first-order valence-corrected chi connectivity index (χ1v) is 25.3. The molecule has 1 fully saturated rings. The van der Waals surface area contributed by atoms with Gasteiger partial charge in [-0.25, -0.2) is 4.57 Å². The quantitative estimate of drug-likeness (QED) is 0.0177. The highest BCUT2D eigenvalue weighted by Crippen LogP contribution is 2.43. The van der Waals surface area contributed by atoms with E-state index in [-0.39, 0.29) is 44.2 Å². The van der Waals surface area contributed by atoms with E-state index in [9.17, 15) is 34.1 Å². The first-order chi connectivity index (χ1) is 29.2. The normalized spacial score (nSPS) is 19.3. The molecule has 1 saturated carbocycles. The van der Waals surface area contributed by atoms with Crippen LogP contribution in [0.5, 0.6) is 0 Å². The minimum Gasteiger partial charge on any atom is -0.462 e. The summed E-state index contributed by atoms with van der Waals surface area (Å²) in [5, 5.41) is 20.8. The van der Waals surface area contributed by atoms with E-state index in [1.807, 2.05) is 33.3 Å². The fraction of sp³-hybridized carbons (Fsp3) is 0.812. The van der Waals surface area contributed by atoms with Crippen LogP contribution in [0, 0.1) is 11.8 Å². The van der Waals surface area contributed by atoms with Gasteiger partial charge in [0.15, 0.2) is 6.10 Å². The van der Waals surface area contributed by atoms with E-state index < -0.39 is 50.6 Å². The Bertz CT molecular complexity index is 1300. The van der Waals surface area contributed by atoms with Gasteiger partial charge in [0.2, 0.25) is 0 Å². The van der Waals surface area contributed by atoms with Crippen LogP contribution in [0.4, 0.5) is 0 Å². The van der Waals surface area contributed by atoms with E-state index in [2.05, 4.69) is 26.0 Å². The average Bonchev–Trinajstić information content (AvgIpc) is 3.47. The van der Waals surface area contributed by atoms with Crippen molar-refractivity contribution in [3.8, 4) is 0 Å². The molecule has 1 aliphatic rings. The highest BCUT2D eigenvalue weighted by Gasteiger charge is 2.39. The number of esters is 2. The SMILES string of the molecule is CCCCCCCC/C=C\CCCCCCCCCC(=O)OC[C@H](COP(=O)(O)OCC[N+](C)(C)C)OC(=O)CCC/C=C\C[C@H]1[C@@H](O)CC(=O)[C@@H]1/C=C/[C@@H](O)CCCCC. The molecule has 13 heteroatoms. The number of aliphatic hydroxyl groups excluding tert-OH is 2. The molecule has 3 N–H and O–H groups in total. The molecule has 0 bridgehead atoms. The van der Waals surface area contributed by atoms with Gasteiger partial charge in [0, 0.05) is 31.1 Å². The number of hydrogen-bond acceptors (Lipinski definition) is 10. The van der Waals surface area contributed by atoms with Crippen molar-refractivity contribution in [2.75, 3.05) is 47.5 Å². The Hall–Kier alpha value is -2.18. The number of carbonyl (C=O) groups is 3. The summed E-state index contributed by atoms with van der Waals surface area (Å²) in [5.74, 6) is -1.75. The maximum absolute atomic E-state index is 12.8. The van der Waals surface area contributed by atoms with Crippen molar-refractivity contribution in [1.29, 1.82) is 0 Å². The lowest BCUT2D eigenvalue weighted by atomic mass is 9.90. The molecule has 12 nitrogen and oxygen atoms in total. The van der Waals surface area contributed by atoms with Crippen LogP contribution in [-0.4, -0.2) is 103 Å². The van der Waals surface area contributed by atoms with Gasteiger partial charge in [-0.05, 0) is 57.8 Å². The third kappa shape index (κ3) is 32.2. The van der Waals surface area contributed by atoms with Gasteiger partial charge < -0.3 is 29.1 Å². The first-order valence-electron chi connectivity index (χ1n) is 23.8. The number of allylic oxidation sites excluding steroid dienone is 5. The standard InChI is InChI=1S/C48H86NO11P/c1-6-8-10-11-12-13-14-15-16-17-18-19-20-21-22-23-28-32-47(53)57-39-42(40-59-61(55,56)58-37-36-49(3,4)5)60-48(54)33-29-25-24-27-31-43-44(46(52)38-45(43)51)35-34-41(50)30-26-9-7-2/h15-16,24,27,34-35,41-45,50-51H,6-14,17-23,25-26,28-33,36-40H2,1-5H3/p+1/b16-15-,27-24-,35-34+/t41-,42+,43+,44+,45-/m0/s1. The number of Topliss-reactive ketones (excluding diaryl/α,β-unsaturated/α-hetero) is 1. The summed E-state index contributed by atoms with van der Waals surface area (Å²) < 4.78 is 34.3. The molecule has 0 spiro atoms. The van der Waals surface area contributed by atoms with Crippen molar-refractivity contribution < 1.29 is 57.1 Å². The van der Waals surface area contributed by atoms with E-state index in [0.29, 0.717) is 43.1 Å². The molecule has 354 valence electrons. The maximum Gasteiger partial charge on any atom is 0.472 e. The lowest BCUT2D eigenvalue weighted by Gasteiger charge is -2.24. The Labute approximate surface area is 370 Å². The van der Waals surface area contributed by atoms with Crippen molar-refractivity contribution in [1.82, 2.24) is 0 Å². The van der Waals surface area contributed by atoms with Gasteiger partial charge >= 0.3 is 19.8 Å². The van der Waals surface area contributed by atoms with Crippen LogP contribution in [0.2, 0.25) is 0 Å². The molecular weight excluding hydrogens is 797 g/mol. The summed E-state index contributed by atoms with van der Waals surface area (Å²) in [6.07, 6.45) is 32.7. The third-order valence-electron chi connectivity index (χ3n) is 11.0. The van der Waals surface area contributed by atoms with E-state index in [1.54, 1.807) is 12.2 Å². The largest absolute Gasteiger partial charge is 0.472 e. The number of rotatable bonds is 39. The lowest BCUT2D eigenvalue weighted by molar-refractivity contribution is -0.870. The second kappa shape index (κ2) is 35.2. The van der Waals surface area contributed by atoms with Gasteiger partial charge in [-0.15, -0.1) is 0 Å². The molecule has 0 saturated heterocycles. The molecule has 0 heterocycles. The van der Waals surface area contributed by atoms with E-state index in [4.69, 9.17) is 18.5 Å². The second-order valence-corrected chi connectivity index (χ2v) is 19.4. The molecule has 1 rings (SSSR count). The van der Waals surface area contributed by atoms with E-state index in [0.717, 1.165) is 44.9 Å². The zero-order valence-corrected chi connectivity index (χ0v) is 39.8. The predicted molar refractivity (Wildman–Crippen MR) is 244 cm³/mol. The Morgan fingerprint density at radius 3 is 1.95 bits per heavy atom. The molecule has 0 radical (unpaired) electrons. The molecule has 6 atom stereocenters. The molecule has 0 aromatic rings. The minimum absolute atomic E-state index is 0.0173. The lowest BCUT2D eigenvalue weighted by Crippen LogP contribution is -2.37. The Balaban J connectivity index is 2.47. The minimum atomic E-state index is -4.45. The molecule has 61 heavy (non-hydrogen) atoms.